The number of methoxy groups -OCH3 is 1. The van der Waals surface area contributed by atoms with E-state index in [1.54, 1.807) is 54.3 Å². The zero-order chi connectivity index (χ0) is 53.2. The highest BCUT2D eigenvalue weighted by Crippen LogP contribution is 2.32. The van der Waals surface area contributed by atoms with Crippen LogP contribution in [0, 0.1) is 30.6 Å². The second-order valence-corrected chi connectivity index (χ2v) is 18.6. The molecule has 19 heteroatoms. The topological polar surface area (TPSA) is 231 Å². The Morgan fingerprint density at radius 1 is 0.747 bits per heavy atom. The molecule has 75 heavy (non-hydrogen) atoms. The molecule has 1 saturated carbocycles. The van der Waals surface area contributed by atoms with Gasteiger partial charge in [-0.2, -0.15) is 9.97 Å². The Bertz CT molecular complexity index is 3450. The molecule has 4 aromatic heterocycles. The number of carboxylic acid groups (broad SMARTS) is 1. The number of pyridine rings is 2. The number of ether oxygens (including phenoxy) is 1. The second kappa shape index (κ2) is 23.6. The average molecular weight is 1010 g/mol. The smallest absolute Gasteiger partial charge is 0.303 e. The van der Waals surface area contributed by atoms with Gasteiger partial charge in [-0.15, -0.1) is 12.8 Å². The van der Waals surface area contributed by atoms with E-state index in [-0.39, 0.29) is 53.9 Å². The molecular weight excluding hydrogens is 953 g/mol. The largest absolute Gasteiger partial charge is 0.495 e. The summed E-state index contributed by atoms with van der Waals surface area (Å²) in [5, 5.41) is 22.1. The normalized spacial score (nSPS) is 15.5. The summed E-state index contributed by atoms with van der Waals surface area (Å²) in [5.74, 6) is 4.83. The van der Waals surface area contributed by atoms with Gasteiger partial charge in [-0.1, -0.05) is 43.9 Å². The number of hydrogen-bond donors (Lipinski definition) is 5. The van der Waals surface area contributed by atoms with Gasteiger partial charge in [-0.05, 0) is 87.3 Å². The first-order chi connectivity index (χ1) is 36.2. The van der Waals surface area contributed by atoms with Gasteiger partial charge in [0, 0.05) is 103 Å². The maximum absolute atomic E-state index is 13.2. The Morgan fingerprint density at radius 3 is 2.04 bits per heavy atom. The number of carbonyl (C=O) groups is 3. The van der Waals surface area contributed by atoms with Crippen LogP contribution in [0.15, 0.2) is 107 Å². The van der Waals surface area contributed by atoms with Crippen molar-refractivity contribution in [2.45, 2.75) is 64.5 Å². The van der Waals surface area contributed by atoms with Crippen molar-refractivity contribution in [1.82, 2.24) is 39.3 Å². The van der Waals surface area contributed by atoms with Crippen LogP contribution in [0.5, 0.6) is 5.75 Å². The number of aromatic nitrogens is 6. The number of benzene rings is 3. The van der Waals surface area contributed by atoms with Crippen LogP contribution >= 0.6 is 0 Å². The van der Waals surface area contributed by atoms with Crippen molar-refractivity contribution in [2.75, 3.05) is 61.2 Å². The van der Waals surface area contributed by atoms with Crippen molar-refractivity contribution < 1.29 is 24.2 Å². The summed E-state index contributed by atoms with van der Waals surface area (Å²) in [6.45, 7) is 7.93. The number of carbonyl (C=O) groups excluding carboxylic acids is 2. The molecule has 1 aliphatic heterocycles. The lowest BCUT2D eigenvalue weighted by Gasteiger charge is -2.34. The first-order valence-electron chi connectivity index (χ1n) is 24.6. The van der Waals surface area contributed by atoms with E-state index < -0.39 is 17.4 Å². The van der Waals surface area contributed by atoms with Gasteiger partial charge in [0.15, 0.2) is 5.65 Å². The quantitative estimate of drug-likeness (QED) is 0.0703. The zero-order valence-corrected chi connectivity index (χ0v) is 42.2. The number of hydrogen-bond acceptors (Lipinski definition) is 14. The monoisotopic (exact) mass is 1010 g/mol. The number of rotatable bonds is 14. The summed E-state index contributed by atoms with van der Waals surface area (Å²) >= 11 is 0. The summed E-state index contributed by atoms with van der Waals surface area (Å²) in [4.78, 5) is 84.3. The lowest BCUT2D eigenvalue weighted by atomic mass is 9.90. The molecular formula is C56H58N12O7. The van der Waals surface area contributed by atoms with Crippen LogP contribution in [0.4, 0.5) is 34.6 Å². The Morgan fingerprint density at radius 2 is 1.39 bits per heavy atom. The minimum atomic E-state index is -1.07. The number of amides is 2. The molecule has 19 nitrogen and oxygen atoms in total. The van der Waals surface area contributed by atoms with Gasteiger partial charge < -0.3 is 40.9 Å². The molecule has 5 heterocycles. The van der Waals surface area contributed by atoms with Gasteiger partial charge in [-0.3, -0.25) is 33.1 Å². The highest BCUT2D eigenvalue weighted by molar-refractivity contribution is 5.93. The molecule has 2 aliphatic rings. The number of nitrogens with one attached hydrogen (secondary N) is 4. The summed E-state index contributed by atoms with van der Waals surface area (Å²) < 4.78 is 8.49. The van der Waals surface area contributed by atoms with Crippen LogP contribution in [0.2, 0.25) is 0 Å². The highest BCUT2D eigenvalue weighted by Gasteiger charge is 2.27. The minimum absolute atomic E-state index is 0.0235. The maximum Gasteiger partial charge on any atom is 0.303 e. The van der Waals surface area contributed by atoms with Crippen LogP contribution in [0.3, 0.4) is 0 Å². The van der Waals surface area contributed by atoms with Gasteiger partial charge in [0.25, 0.3) is 11.1 Å². The average Bonchev–Trinajstić information content (AvgIpc) is 3.41. The molecule has 384 valence electrons. The fraction of sp³-hybridized carbons (Fsp3) is 0.304. The molecule has 0 atom stereocenters. The molecule has 0 bridgehead atoms. The number of likely N-dealkylation sites (N-methyl/N-ethyl adjacent to an activating group) is 1. The Labute approximate surface area is 433 Å². The van der Waals surface area contributed by atoms with Gasteiger partial charge in [0.1, 0.15) is 11.4 Å². The third-order valence-corrected chi connectivity index (χ3v) is 13.1. The molecule has 2 fully saturated rings. The van der Waals surface area contributed by atoms with E-state index in [2.05, 4.69) is 77.0 Å². The fourth-order valence-electron chi connectivity index (χ4n) is 9.02. The molecule has 1 saturated heterocycles. The third kappa shape index (κ3) is 12.6. The summed E-state index contributed by atoms with van der Waals surface area (Å²) in [7, 11) is 3.70. The number of carboxylic acids is 1. The molecule has 2 amide bonds. The van der Waals surface area contributed by atoms with Crippen LogP contribution in [-0.4, -0.2) is 103 Å². The maximum atomic E-state index is 13.2. The van der Waals surface area contributed by atoms with Crippen LogP contribution in [0.25, 0.3) is 27.8 Å². The SMILES string of the molecule is C#Cc1cc(=O)n(-c2cccc(NC(=O)CCC(=O)O)c2)c2nc(Nc3ccccc3OC)ncc12.C#Cc1cc(=O)n(C2CCC(NC(=O)C(C)C)CC2)c2nc(Nc3ccc(N4CCN(C)CC4)cc3)ncc12. The van der Waals surface area contributed by atoms with Gasteiger partial charge in [0.2, 0.25) is 23.7 Å². The van der Waals surface area contributed by atoms with E-state index in [0.29, 0.717) is 56.3 Å². The van der Waals surface area contributed by atoms with E-state index in [4.69, 9.17) is 27.7 Å². The number of fused-ring (bicyclic) bond motifs is 2. The van der Waals surface area contributed by atoms with Crippen LogP contribution in [-0.2, 0) is 14.4 Å². The van der Waals surface area contributed by atoms with Crippen molar-refractivity contribution in [2.24, 2.45) is 5.92 Å². The minimum Gasteiger partial charge on any atom is -0.495 e. The lowest BCUT2D eigenvalue weighted by molar-refractivity contribution is -0.138. The van der Waals surface area contributed by atoms with Gasteiger partial charge in [-0.25, -0.2) is 9.97 Å². The third-order valence-electron chi connectivity index (χ3n) is 13.1. The van der Waals surface area contributed by atoms with Crippen LogP contribution < -0.4 is 42.0 Å². The van der Waals surface area contributed by atoms with Crippen LogP contribution in [0.1, 0.15) is 69.5 Å². The van der Waals surface area contributed by atoms with E-state index in [9.17, 15) is 24.0 Å². The van der Waals surface area contributed by atoms with E-state index in [0.717, 1.165) is 57.5 Å². The molecule has 5 N–H and O–H groups in total. The van der Waals surface area contributed by atoms with E-state index in [1.165, 1.54) is 28.6 Å². The molecule has 0 radical (unpaired) electrons. The molecule has 1 aliphatic carbocycles. The summed E-state index contributed by atoms with van der Waals surface area (Å²) in [6.07, 6.45) is 17.3. The molecule has 0 unspecified atom stereocenters. The van der Waals surface area contributed by atoms with Crippen molar-refractivity contribution in [3.8, 4) is 36.1 Å². The van der Waals surface area contributed by atoms with E-state index >= 15 is 0 Å². The number of anilines is 6. The predicted octanol–water partition coefficient (Wildman–Crippen LogP) is 6.84. The Kier molecular flexibility index (Phi) is 16.5. The van der Waals surface area contributed by atoms with E-state index in [1.807, 2.05) is 38.1 Å². The highest BCUT2D eigenvalue weighted by atomic mass is 16.5. The first-order valence-corrected chi connectivity index (χ1v) is 24.6. The van der Waals surface area contributed by atoms with Gasteiger partial charge in [0.05, 0.1) is 35.7 Å². The fourth-order valence-corrected chi connectivity index (χ4v) is 9.02. The predicted molar refractivity (Wildman–Crippen MR) is 290 cm³/mol. The van der Waals surface area contributed by atoms with Crippen molar-refractivity contribution in [3.63, 3.8) is 0 Å². The standard InChI is InChI=1S/C30H37N7O2.C26H21N5O5/c1-5-21-18-27(38)37(25-12-8-22(9-13-25)32-29(39)20(2)3)28-26(21)19-31-30(34-28)33-23-6-10-24(11-7-23)36-16-14-35(4)15-17-36;1-3-16-13-23(33)31(18-8-6-7-17(14-18)28-22(32)11-12-24(34)35)25-19(16)15-27-26(30-25)29-20-9-4-5-10-21(20)36-2/h1,6-7,10-11,18-20,22,25H,8-9,12-17H2,2-4H3,(H,32,39)(H,31,33,34);1,4-10,13-15H,11-12H2,2H3,(H,28,32)(H,34,35)(H,27,29,30). The summed E-state index contributed by atoms with van der Waals surface area (Å²) in [6, 6.07) is 25.0. The lowest BCUT2D eigenvalue weighted by Crippen LogP contribution is -2.44. The number of nitrogens with zero attached hydrogens (tertiary/aromatic N) is 8. The number of aliphatic carboxylic acids is 1. The van der Waals surface area contributed by atoms with Crippen molar-refractivity contribution in [1.29, 1.82) is 0 Å². The van der Waals surface area contributed by atoms with Crippen molar-refractivity contribution in [3.05, 3.63) is 129 Å². The molecule has 0 spiro atoms. The molecule has 7 aromatic rings. The second-order valence-electron chi connectivity index (χ2n) is 18.6. The molecule has 9 rings (SSSR count). The Balaban J connectivity index is 0.000000200. The van der Waals surface area contributed by atoms with Gasteiger partial charge >= 0.3 is 5.97 Å². The first kappa shape index (κ1) is 52.3. The number of piperazine rings is 1. The Hall–Kier alpha value is -9.07. The van der Waals surface area contributed by atoms with Crippen molar-refractivity contribution >= 4 is 74.5 Å². The molecule has 3 aromatic carbocycles. The number of para-hydroxylation sites is 2. The summed E-state index contributed by atoms with van der Waals surface area (Å²) in [5.41, 5.74) is 4.56. The zero-order valence-electron chi connectivity index (χ0n) is 42.2. The number of terminal acetylenes is 2.